The minimum atomic E-state index is -4.54. The monoisotopic (exact) mass is 244 g/mol. The Morgan fingerprint density at radius 2 is 1.56 bits per heavy atom. The molecule has 0 amide bonds. The van der Waals surface area contributed by atoms with E-state index in [0.29, 0.717) is 13.1 Å². The second-order valence-electron chi connectivity index (χ2n) is 2.84. The summed E-state index contributed by atoms with van der Waals surface area (Å²) in [6.45, 7) is 7.62. The molecular weight excluding hydrogens is 221 g/mol. The van der Waals surface area contributed by atoms with Crippen molar-refractivity contribution in [3.8, 4) is 0 Å². The lowest BCUT2D eigenvalue weighted by atomic mass is 10.3. The van der Waals surface area contributed by atoms with Crippen LogP contribution in [0.2, 0.25) is 0 Å². The van der Waals surface area contributed by atoms with Crippen LogP contribution in [0.25, 0.3) is 0 Å². The molecule has 6 heteroatoms. The Kier molecular flexibility index (Phi) is 14.4. The SMILES string of the molecule is CC.CCCCNCCNCOC(F)(F)F. The number of hydrogen-bond donors (Lipinski definition) is 2. The standard InChI is InChI=1S/C8H17F3N2O.C2H6/c1-2-3-4-12-5-6-13-7-14-8(9,10)11;1-2/h12-13H,2-7H2,1H3;1-2H3. The second-order valence-corrected chi connectivity index (χ2v) is 2.84. The van der Waals surface area contributed by atoms with Gasteiger partial charge in [-0.25, -0.2) is 0 Å². The number of hydrogen-bond acceptors (Lipinski definition) is 3. The topological polar surface area (TPSA) is 33.3 Å². The maximum absolute atomic E-state index is 11.5. The summed E-state index contributed by atoms with van der Waals surface area (Å²) < 4.78 is 37.9. The molecule has 0 aliphatic carbocycles. The van der Waals surface area contributed by atoms with Crippen LogP contribution in [0, 0.1) is 0 Å². The van der Waals surface area contributed by atoms with Gasteiger partial charge in [0.25, 0.3) is 0 Å². The zero-order valence-electron chi connectivity index (χ0n) is 10.3. The predicted octanol–water partition coefficient (Wildman–Crippen LogP) is 2.49. The smallest absolute Gasteiger partial charge is 0.315 e. The van der Waals surface area contributed by atoms with Crippen LogP contribution in [0.15, 0.2) is 0 Å². The molecule has 0 aromatic rings. The molecule has 0 bridgehead atoms. The third-order valence-electron chi connectivity index (χ3n) is 1.52. The van der Waals surface area contributed by atoms with Crippen molar-refractivity contribution in [3.05, 3.63) is 0 Å². The van der Waals surface area contributed by atoms with Gasteiger partial charge >= 0.3 is 6.36 Å². The van der Waals surface area contributed by atoms with Gasteiger partial charge in [-0.15, -0.1) is 13.2 Å². The highest BCUT2D eigenvalue weighted by atomic mass is 19.4. The average molecular weight is 244 g/mol. The molecule has 0 radical (unpaired) electrons. The second kappa shape index (κ2) is 12.7. The van der Waals surface area contributed by atoms with Crippen LogP contribution in [0.4, 0.5) is 13.2 Å². The van der Waals surface area contributed by atoms with Crippen molar-refractivity contribution in [2.24, 2.45) is 0 Å². The number of ether oxygens (including phenoxy) is 1. The summed E-state index contributed by atoms with van der Waals surface area (Å²) in [5, 5.41) is 5.60. The third kappa shape index (κ3) is 19.3. The Morgan fingerprint density at radius 3 is 2.06 bits per heavy atom. The van der Waals surface area contributed by atoms with Crippen LogP contribution in [0.5, 0.6) is 0 Å². The summed E-state index contributed by atoms with van der Waals surface area (Å²) in [7, 11) is 0. The highest BCUT2D eigenvalue weighted by Crippen LogP contribution is 2.14. The lowest BCUT2D eigenvalue weighted by Gasteiger charge is -2.08. The first-order valence-electron chi connectivity index (χ1n) is 5.68. The first-order valence-corrected chi connectivity index (χ1v) is 5.68. The van der Waals surface area contributed by atoms with Gasteiger partial charge in [-0.1, -0.05) is 27.2 Å². The summed E-state index contributed by atoms with van der Waals surface area (Å²) >= 11 is 0. The molecule has 100 valence electrons. The molecular formula is C10H23F3N2O. The van der Waals surface area contributed by atoms with Gasteiger partial charge in [-0.05, 0) is 13.0 Å². The van der Waals surface area contributed by atoms with Gasteiger partial charge in [0.15, 0.2) is 0 Å². The molecule has 0 saturated carbocycles. The van der Waals surface area contributed by atoms with Crippen molar-refractivity contribution in [1.29, 1.82) is 0 Å². The largest absolute Gasteiger partial charge is 0.523 e. The van der Waals surface area contributed by atoms with Gasteiger partial charge in [-0.2, -0.15) is 0 Å². The van der Waals surface area contributed by atoms with Crippen molar-refractivity contribution in [2.75, 3.05) is 26.4 Å². The Bertz CT molecular complexity index is 132. The molecule has 0 aliphatic rings. The van der Waals surface area contributed by atoms with Gasteiger partial charge in [0.05, 0.1) is 0 Å². The molecule has 0 rings (SSSR count). The first kappa shape index (κ1) is 18.0. The number of alkyl halides is 3. The molecule has 0 aromatic heterocycles. The fraction of sp³-hybridized carbons (Fsp3) is 1.00. The Morgan fingerprint density at radius 1 is 1.00 bits per heavy atom. The van der Waals surface area contributed by atoms with Gasteiger partial charge in [0, 0.05) is 13.1 Å². The predicted molar refractivity (Wildman–Crippen MR) is 59.1 cm³/mol. The molecule has 0 unspecified atom stereocenters. The maximum Gasteiger partial charge on any atom is 0.523 e. The molecule has 0 heterocycles. The quantitative estimate of drug-likeness (QED) is 0.508. The number of rotatable bonds is 8. The van der Waals surface area contributed by atoms with E-state index in [2.05, 4.69) is 22.3 Å². The molecule has 2 N–H and O–H groups in total. The van der Waals surface area contributed by atoms with Crippen LogP contribution < -0.4 is 10.6 Å². The molecule has 0 fully saturated rings. The minimum Gasteiger partial charge on any atom is -0.315 e. The Hall–Kier alpha value is -0.330. The Balaban J connectivity index is 0. The highest BCUT2D eigenvalue weighted by molar-refractivity contribution is 4.49. The van der Waals surface area contributed by atoms with E-state index in [-0.39, 0.29) is 0 Å². The fourth-order valence-electron chi connectivity index (χ4n) is 0.809. The molecule has 3 nitrogen and oxygen atoms in total. The minimum absolute atomic E-state index is 0.472. The van der Waals surface area contributed by atoms with Crippen molar-refractivity contribution < 1.29 is 17.9 Å². The zero-order chi connectivity index (χ0) is 12.9. The van der Waals surface area contributed by atoms with Gasteiger partial charge < -0.3 is 5.32 Å². The van der Waals surface area contributed by atoms with Gasteiger partial charge in [-0.3, -0.25) is 10.1 Å². The summed E-state index contributed by atoms with van der Waals surface area (Å²) in [5.41, 5.74) is 0. The molecule has 0 aromatic carbocycles. The van der Waals surface area contributed by atoms with E-state index < -0.39 is 13.1 Å². The lowest BCUT2D eigenvalue weighted by Crippen LogP contribution is -2.31. The van der Waals surface area contributed by atoms with E-state index in [0.717, 1.165) is 19.4 Å². The zero-order valence-corrected chi connectivity index (χ0v) is 10.3. The third-order valence-corrected chi connectivity index (χ3v) is 1.52. The van der Waals surface area contributed by atoms with E-state index in [1.807, 2.05) is 13.8 Å². The van der Waals surface area contributed by atoms with Gasteiger partial charge in [0.2, 0.25) is 0 Å². The lowest BCUT2D eigenvalue weighted by molar-refractivity contribution is -0.326. The van der Waals surface area contributed by atoms with Crippen molar-refractivity contribution in [1.82, 2.24) is 10.6 Å². The van der Waals surface area contributed by atoms with Crippen LogP contribution in [-0.2, 0) is 4.74 Å². The van der Waals surface area contributed by atoms with Crippen LogP contribution in [0.3, 0.4) is 0 Å². The normalized spacial score (nSPS) is 10.9. The van der Waals surface area contributed by atoms with E-state index >= 15 is 0 Å². The van der Waals surface area contributed by atoms with E-state index in [4.69, 9.17) is 0 Å². The van der Waals surface area contributed by atoms with E-state index in [1.54, 1.807) is 0 Å². The molecule has 16 heavy (non-hydrogen) atoms. The average Bonchev–Trinajstić information content (AvgIpc) is 2.23. The maximum atomic E-state index is 11.5. The number of unbranched alkanes of at least 4 members (excludes halogenated alkanes) is 1. The Labute approximate surface area is 95.7 Å². The van der Waals surface area contributed by atoms with Crippen molar-refractivity contribution in [2.45, 2.75) is 40.0 Å². The van der Waals surface area contributed by atoms with Gasteiger partial charge in [0.1, 0.15) is 6.73 Å². The fourth-order valence-corrected chi connectivity index (χ4v) is 0.809. The van der Waals surface area contributed by atoms with Crippen LogP contribution in [-0.4, -0.2) is 32.7 Å². The summed E-state index contributed by atoms with van der Waals surface area (Å²) in [6, 6.07) is 0. The van der Waals surface area contributed by atoms with E-state index in [9.17, 15) is 13.2 Å². The summed E-state index contributed by atoms with van der Waals surface area (Å²) in [4.78, 5) is 0. The van der Waals surface area contributed by atoms with Crippen LogP contribution >= 0.6 is 0 Å². The van der Waals surface area contributed by atoms with Crippen LogP contribution in [0.1, 0.15) is 33.6 Å². The molecule has 0 saturated heterocycles. The molecule has 0 aliphatic heterocycles. The summed E-state index contributed by atoms with van der Waals surface area (Å²) in [6.07, 6.45) is -2.35. The molecule has 0 atom stereocenters. The number of halogens is 3. The summed E-state index contributed by atoms with van der Waals surface area (Å²) in [5.74, 6) is 0. The first-order chi connectivity index (χ1) is 7.56. The van der Waals surface area contributed by atoms with E-state index in [1.165, 1.54) is 0 Å². The van der Waals surface area contributed by atoms with Crippen molar-refractivity contribution in [3.63, 3.8) is 0 Å². The number of nitrogens with one attached hydrogen (secondary N) is 2. The highest BCUT2D eigenvalue weighted by Gasteiger charge is 2.28. The van der Waals surface area contributed by atoms with Crippen molar-refractivity contribution >= 4 is 0 Å². The molecule has 0 spiro atoms.